The molecule has 34 heavy (non-hydrogen) atoms. The smallest absolute Gasteiger partial charge is 0.332 e. The number of piperidine rings is 1. The largest absolute Gasteiger partial charge is 0.479 e. The number of aliphatic hydroxyl groups excluding tert-OH is 1. The van der Waals surface area contributed by atoms with Crippen molar-refractivity contribution in [3.05, 3.63) is 59.4 Å². The van der Waals surface area contributed by atoms with E-state index >= 15 is 0 Å². The van der Waals surface area contributed by atoms with Gasteiger partial charge in [0.25, 0.3) is 0 Å². The number of likely N-dealkylation sites (tertiary alicyclic amines) is 1. The first-order valence-corrected chi connectivity index (χ1v) is 10.4. The molecule has 0 saturated carbocycles. The van der Waals surface area contributed by atoms with Gasteiger partial charge in [-0.2, -0.15) is 0 Å². The Labute approximate surface area is 194 Å². The first kappa shape index (κ1) is 26.8. The van der Waals surface area contributed by atoms with Crippen LogP contribution in [0.1, 0.15) is 30.1 Å². The second-order valence-electron chi connectivity index (χ2n) is 7.87. The van der Waals surface area contributed by atoms with E-state index in [1.807, 2.05) is 7.05 Å². The maximum Gasteiger partial charge on any atom is 0.332 e. The van der Waals surface area contributed by atoms with E-state index in [9.17, 15) is 27.6 Å². The van der Waals surface area contributed by atoms with Crippen molar-refractivity contribution in [2.75, 3.05) is 30.8 Å². The van der Waals surface area contributed by atoms with Crippen LogP contribution in [0, 0.1) is 23.4 Å². The Kier molecular flexibility index (Phi) is 9.58. The van der Waals surface area contributed by atoms with Crippen molar-refractivity contribution in [2.24, 2.45) is 5.92 Å². The molecule has 0 spiro atoms. The van der Waals surface area contributed by atoms with Crippen LogP contribution < -0.4 is 10.6 Å². The zero-order valence-corrected chi connectivity index (χ0v) is 18.6. The molecule has 8 nitrogen and oxygen atoms in total. The Morgan fingerprint density at radius 2 is 1.53 bits per heavy atom. The van der Waals surface area contributed by atoms with Crippen LogP contribution in [0.25, 0.3) is 0 Å². The SMILES string of the molecule is CC(O)C(=O)O.CN1CCC(C(=O)c2cccc(NC(=O)Nc3cc(F)c(F)c(F)c3)c2)CC1. The number of carbonyl (C=O) groups is 3. The Morgan fingerprint density at radius 3 is 2.06 bits per heavy atom. The average molecular weight is 481 g/mol. The van der Waals surface area contributed by atoms with Crippen molar-refractivity contribution in [3.8, 4) is 0 Å². The first-order chi connectivity index (χ1) is 16.0. The summed E-state index contributed by atoms with van der Waals surface area (Å²) in [5.74, 6) is -5.62. The third-order valence-electron chi connectivity index (χ3n) is 5.09. The van der Waals surface area contributed by atoms with Crippen LogP contribution in [0.3, 0.4) is 0 Å². The molecule has 3 rings (SSSR count). The third kappa shape index (κ3) is 7.85. The van der Waals surface area contributed by atoms with Gasteiger partial charge in [-0.25, -0.2) is 22.8 Å². The summed E-state index contributed by atoms with van der Waals surface area (Å²) in [6.07, 6.45) is 0.342. The summed E-state index contributed by atoms with van der Waals surface area (Å²) in [5, 5.41) is 20.5. The van der Waals surface area contributed by atoms with Crippen LogP contribution in [0.4, 0.5) is 29.3 Å². The van der Waals surface area contributed by atoms with Gasteiger partial charge in [0.2, 0.25) is 0 Å². The van der Waals surface area contributed by atoms with Crippen molar-refractivity contribution < 1.29 is 37.8 Å². The van der Waals surface area contributed by atoms with E-state index in [0.29, 0.717) is 23.4 Å². The molecule has 2 amide bonds. The van der Waals surface area contributed by atoms with Crippen molar-refractivity contribution in [1.82, 2.24) is 4.90 Å². The quantitative estimate of drug-likeness (QED) is 0.382. The molecule has 0 radical (unpaired) electrons. The maximum absolute atomic E-state index is 13.2. The molecule has 2 aromatic carbocycles. The minimum absolute atomic E-state index is 0.0276. The summed E-state index contributed by atoms with van der Waals surface area (Å²) in [7, 11) is 2.02. The van der Waals surface area contributed by atoms with Crippen LogP contribution in [-0.4, -0.2) is 59.1 Å². The van der Waals surface area contributed by atoms with Gasteiger partial charge in [0, 0.05) is 35.0 Å². The molecule has 2 aromatic rings. The fraction of sp³-hybridized carbons (Fsp3) is 0.348. The average Bonchev–Trinajstić information content (AvgIpc) is 2.78. The van der Waals surface area contributed by atoms with Gasteiger partial charge in [0.1, 0.15) is 6.10 Å². The Hall–Kier alpha value is -3.44. The van der Waals surface area contributed by atoms with Crippen molar-refractivity contribution >= 4 is 29.2 Å². The molecule has 1 heterocycles. The second kappa shape index (κ2) is 12.1. The number of benzene rings is 2. The summed E-state index contributed by atoms with van der Waals surface area (Å²) in [5.41, 5.74) is 0.623. The van der Waals surface area contributed by atoms with Crippen LogP contribution in [0.5, 0.6) is 0 Å². The zero-order valence-electron chi connectivity index (χ0n) is 18.6. The van der Waals surface area contributed by atoms with E-state index < -0.39 is 35.6 Å². The van der Waals surface area contributed by atoms with E-state index in [4.69, 9.17) is 10.2 Å². The van der Waals surface area contributed by atoms with Crippen molar-refractivity contribution in [2.45, 2.75) is 25.9 Å². The van der Waals surface area contributed by atoms with Gasteiger partial charge in [-0.05, 0) is 52.0 Å². The number of carboxylic acids is 1. The number of amides is 2. The van der Waals surface area contributed by atoms with E-state index in [1.54, 1.807) is 24.3 Å². The Balaban J connectivity index is 0.000000604. The monoisotopic (exact) mass is 481 g/mol. The highest BCUT2D eigenvalue weighted by Crippen LogP contribution is 2.23. The number of ketones is 1. The highest BCUT2D eigenvalue weighted by Gasteiger charge is 2.24. The number of carboxylic acid groups (broad SMARTS) is 1. The predicted molar refractivity (Wildman–Crippen MR) is 119 cm³/mol. The fourth-order valence-electron chi connectivity index (χ4n) is 3.18. The number of Topliss-reactive ketones (excluding diaryl/α,β-unsaturated/α-hetero) is 1. The highest BCUT2D eigenvalue weighted by atomic mass is 19.2. The predicted octanol–water partition coefficient (Wildman–Crippen LogP) is 3.72. The van der Waals surface area contributed by atoms with E-state index in [1.165, 1.54) is 6.92 Å². The Bertz CT molecular complexity index is 1020. The minimum atomic E-state index is -1.61. The number of urea groups is 1. The van der Waals surface area contributed by atoms with Crippen LogP contribution in [-0.2, 0) is 4.79 Å². The molecule has 4 N–H and O–H groups in total. The molecule has 1 aliphatic rings. The van der Waals surface area contributed by atoms with Crippen LogP contribution in [0.2, 0.25) is 0 Å². The molecular weight excluding hydrogens is 455 g/mol. The van der Waals surface area contributed by atoms with Crippen LogP contribution >= 0.6 is 0 Å². The lowest BCUT2D eigenvalue weighted by molar-refractivity contribution is -0.145. The number of aliphatic hydroxyl groups is 1. The highest BCUT2D eigenvalue weighted by molar-refractivity contribution is 6.02. The molecule has 1 atom stereocenters. The topological polar surface area (TPSA) is 119 Å². The lowest BCUT2D eigenvalue weighted by Gasteiger charge is -2.28. The van der Waals surface area contributed by atoms with Crippen molar-refractivity contribution in [3.63, 3.8) is 0 Å². The van der Waals surface area contributed by atoms with Crippen molar-refractivity contribution in [1.29, 1.82) is 0 Å². The van der Waals surface area contributed by atoms with E-state index in [2.05, 4.69) is 15.5 Å². The first-order valence-electron chi connectivity index (χ1n) is 10.4. The number of hydrogen-bond donors (Lipinski definition) is 4. The molecule has 11 heteroatoms. The molecule has 0 aromatic heterocycles. The molecule has 0 bridgehead atoms. The summed E-state index contributed by atoms with van der Waals surface area (Å²) in [4.78, 5) is 36.4. The molecular formula is C23H26F3N3O5. The molecule has 1 saturated heterocycles. The number of halogens is 3. The third-order valence-corrected chi connectivity index (χ3v) is 5.09. The van der Waals surface area contributed by atoms with Crippen LogP contribution in [0.15, 0.2) is 36.4 Å². The zero-order chi connectivity index (χ0) is 25.4. The minimum Gasteiger partial charge on any atom is -0.479 e. The van der Waals surface area contributed by atoms with Gasteiger partial charge in [0.15, 0.2) is 23.2 Å². The molecule has 1 aliphatic heterocycles. The second-order valence-corrected chi connectivity index (χ2v) is 7.87. The van der Waals surface area contributed by atoms with Gasteiger partial charge < -0.3 is 25.7 Å². The number of rotatable bonds is 5. The molecule has 1 unspecified atom stereocenters. The van der Waals surface area contributed by atoms with E-state index in [-0.39, 0.29) is 17.4 Å². The lowest BCUT2D eigenvalue weighted by atomic mass is 9.89. The normalized spacial score (nSPS) is 15.0. The molecule has 184 valence electrons. The number of hydrogen-bond acceptors (Lipinski definition) is 5. The number of anilines is 2. The summed E-state index contributed by atoms with van der Waals surface area (Å²) < 4.78 is 39.4. The number of nitrogens with zero attached hydrogens (tertiary/aromatic N) is 1. The summed E-state index contributed by atoms with van der Waals surface area (Å²) >= 11 is 0. The Morgan fingerprint density at radius 1 is 1.00 bits per heavy atom. The number of aliphatic carboxylic acids is 1. The van der Waals surface area contributed by atoms with Gasteiger partial charge in [0.05, 0.1) is 0 Å². The number of carbonyl (C=O) groups excluding carboxylic acids is 2. The number of nitrogens with one attached hydrogen (secondary N) is 2. The van der Waals surface area contributed by atoms with E-state index in [0.717, 1.165) is 25.9 Å². The van der Waals surface area contributed by atoms with Gasteiger partial charge in [-0.15, -0.1) is 0 Å². The summed E-state index contributed by atoms with van der Waals surface area (Å²) in [6.45, 7) is 2.92. The van der Waals surface area contributed by atoms with Gasteiger partial charge in [-0.1, -0.05) is 12.1 Å². The van der Waals surface area contributed by atoms with Gasteiger partial charge in [-0.3, -0.25) is 4.79 Å². The maximum atomic E-state index is 13.2. The standard InChI is InChI=1S/C20H20F3N3O2.C3H6O3/c1-26-7-5-12(6-8-26)19(27)13-3-2-4-14(9-13)24-20(28)25-15-10-16(21)18(23)17(22)11-15;1-2(4)3(5)6/h2-4,9-12H,5-8H2,1H3,(H2,24,25,28);2,4H,1H3,(H,5,6). The fourth-order valence-corrected chi connectivity index (χ4v) is 3.18. The van der Waals surface area contributed by atoms with Gasteiger partial charge >= 0.3 is 12.0 Å². The molecule has 1 fully saturated rings. The summed E-state index contributed by atoms with van der Waals surface area (Å²) in [6, 6.07) is 7.08. The lowest BCUT2D eigenvalue weighted by Crippen LogP contribution is -2.33. The molecule has 0 aliphatic carbocycles.